The van der Waals surface area contributed by atoms with Crippen LogP contribution in [0.4, 0.5) is 0 Å². The zero-order valence-electron chi connectivity index (χ0n) is 10.6. The first kappa shape index (κ1) is 12.1. The zero-order valence-corrected chi connectivity index (χ0v) is 11.4. The Hall–Kier alpha value is -1.94. The molecule has 3 rings (SSSR count). The van der Waals surface area contributed by atoms with Crippen LogP contribution in [0.3, 0.4) is 0 Å². The van der Waals surface area contributed by atoms with Crippen molar-refractivity contribution >= 4 is 23.2 Å². The molecule has 96 valence electrons. The van der Waals surface area contributed by atoms with Gasteiger partial charge in [0.15, 0.2) is 5.78 Å². The third kappa shape index (κ3) is 2.31. The van der Waals surface area contributed by atoms with E-state index >= 15 is 0 Å². The van der Waals surface area contributed by atoms with Crippen LogP contribution in [0.25, 0.3) is 6.08 Å². The lowest BCUT2D eigenvalue weighted by Gasteiger charge is -2.03. The van der Waals surface area contributed by atoms with Gasteiger partial charge in [0.05, 0.1) is 28.3 Å². The highest BCUT2D eigenvalue weighted by Gasteiger charge is 2.20. The number of fused-ring (bicyclic) bond motifs is 1. The number of thiazole rings is 1. The third-order valence-electron chi connectivity index (χ3n) is 3.14. The lowest BCUT2D eigenvalue weighted by molar-refractivity contribution is 0.103. The number of benzene rings is 1. The highest BCUT2D eigenvalue weighted by atomic mass is 32.1. The van der Waals surface area contributed by atoms with Crippen molar-refractivity contribution in [2.45, 2.75) is 13.3 Å². The molecule has 1 aliphatic rings. The first-order valence-electron chi connectivity index (χ1n) is 6.13. The van der Waals surface area contributed by atoms with Crippen LogP contribution in [0, 0.1) is 6.92 Å². The number of rotatable bonds is 1. The number of ether oxygens (including phenoxy) is 1. The Balaban J connectivity index is 2.03. The SMILES string of the molecule is Cc1ncsc1/C=C1\CCOc2ccccc2C1=O. The van der Waals surface area contributed by atoms with Gasteiger partial charge in [0.25, 0.3) is 0 Å². The Morgan fingerprint density at radius 3 is 3.00 bits per heavy atom. The first-order chi connectivity index (χ1) is 9.25. The highest BCUT2D eigenvalue weighted by molar-refractivity contribution is 7.10. The van der Waals surface area contributed by atoms with E-state index < -0.39 is 0 Å². The average molecular weight is 271 g/mol. The zero-order chi connectivity index (χ0) is 13.2. The molecule has 4 heteroatoms. The Morgan fingerprint density at radius 1 is 1.37 bits per heavy atom. The molecule has 0 N–H and O–H groups in total. The summed E-state index contributed by atoms with van der Waals surface area (Å²) < 4.78 is 5.62. The summed E-state index contributed by atoms with van der Waals surface area (Å²) in [4.78, 5) is 17.8. The molecule has 2 heterocycles. The van der Waals surface area contributed by atoms with Gasteiger partial charge in [0.2, 0.25) is 0 Å². The maximum Gasteiger partial charge on any atom is 0.192 e. The van der Waals surface area contributed by atoms with E-state index in [9.17, 15) is 4.79 Å². The molecule has 19 heavy (non-hydrogen) atoms. The number of carbonyl (C=O) groups excluding carboxylic acids is 1. The molecular weight excluding hydrogens is 258 g/mol. The molecule has 0 radical (unpaired) electrons. The maximum atomic E-state index is 12.5. The van der Waals surface area contributed by atoms with Crippen molar-refractivity contribution in [3.8, 4) is 5.75 Å². The minimum atomic E-state index is 0.0564. The van der Waals surface area contributed by atoms with Crippen molar-refractivity contribution in [3.05, 3.63) is 51.5 Å². The highest BCUT2D eigenvalue weighted by Crippen LogP contribution is 2.28. The first-order valence-corrected chi connectivity index (χ1v) is 7.01. The van der Waals surface area contributed by atoms with Crippen LogP contribution < -0.4 is 4.74 Å². The molecule has 0 spiro atoms. The Morgan fingerprint density at radius 2 is 2.21 bits per heavy atom. The van der Waals surface area contributed by atoms with Gasteiger partial charge in [-0.3, -0.25) is 4.79 Å². The fraction of sp³-hybridized carbons (Fsp3) is 0.200. The van der Waals surface area contributed by atoms with Crippen molar-refractivity contribution in [1.29, 1.82) is 0 Å². The molecule has 1 aromatic carbocycles. The number of hydrogen-bond acceptors (Lipinski definition) is 4. The number of ketones is 1. The van der Waals surface area contributed by atoms with Gasteiger partial charge >= 0.3 is 0 Å². The minimum Gasteiger partial charge on any atom is -0.492 e. The topological polar surface area (TPSA) is 39.2 Å². The monoisotopic (exact) mass is 271 g/mol. The predicted octanol–water partition coefficient (Wildman–Crippen LogP) is 3.50. The number of carbonyl (C=O) groups is 1. The molecule has 0 amide bonds. The van der Waals surface area contributed by atoms with Gasteiger partial charge in [-0.1, -0.05) is 12.1 Å². The molecule has 0 saturated carbocycles. The second kappa shape index (κ2) is 4.97. The molecule has 3 nitrogen and oxygen atoms in total. The maximum absolute atomic E-state index is 12.5. The van der Waals surface area contributed by atoms with Gasteiger partial charge in [-0.15, -0.1) is 11.3 Å². The van der Waals surface area contributed by atoms with Gasteiger partial charge in [-0.2, -0.15) is 0 Å². The van der Waals surface area contributed by atoms with Crippen LogP contribution >= 0.6 is 11.3 Å². The number of aromatic nitrogens is 1. The predicted molar refractivity (Wildman–Crippen MR) is 75.7 cm³/mol. The molecule has 0 saturated heterocycles. The number of nitrogens with zero attached hydrogens (tertiary/aromatic N) is 1. The lowest BCUT2D eigenvalue weighted by Crippen LogP contribution is -2.01. The van der Waals surface area contributed by atoms with Crippen LogP contribution in [0.1, 0.15) is 27.3 Å². The van der Waals surface area contributed by atoms with Crippen molar-refractivity contribution in [2.75, 3.05) is 6.61 Å². The van der Waals surface area contributed by atoms with Gasteiger partial charge < -0.3 is 4.74 Å². The summed E-state index contributed by atoms with van der Waals surface area (Å²) in [5, 5.41) is 0. The summed E-state index contributed by atoms with van der Waals surface area (Å²) in [5.41, 5.74) is 4.20. The summed E-state index contributed by atoms with van der Waals surface area (Å²) in [6.45, 7) is 2.49. The third-order valence-corrected chi connectivity index (χ3v) is 4.02. The van der Waals surface area contributed by atoms with E-state index in [-0.39, 0.29) is 5.78 Å². The van der Waals surface area contributed by atoms with E-state index in [1.165, 1.54) is 0 Å². The standard InChI is InChI=1S/C15H13NO2S/c1-10-14(19-9-16-10)8-11-6-7-18-13-5-3-2-4-12(13)15(11)17/h2-5,8-9H,6-7H2,1H3/b11-8+. The summed E-state index contributed by atoms with van der Waals surface area (Å²) in [6.07, 6.45) is 2.58. The van der Waals surface area contributed by atoms with Gasteiger partial charge in [-0.05, 0) is 25.1 Å². The molecule has 1 aromatic heterocycles. The van der Waals surface area contributed by atoms with Crippen molar-refractivity contribution in [1.82, 2.24) is 4.98 Å². The van der Waals surface area contributed by atoms with Gasteiger partial charge in [-0.25, -0.2) is 4.98 Å². The lowest BCUT2D eigenvalue weighted by atomic mass is 10.0. The van der Waals surface area contributed by atoms with Gasteiger partial charge in [0.1, 0.15) is 5.75 Å². The van der Waals surface area contributed by atoms with Crippen molar-refractivity contribution in [2.24, 2.45) is 0 Å². The molecular formula is C15H13NO2S. The molecule has 0 unspecified atom stereocenters. The number of aryl methyl sites for hydroxylation is 1. The summed E-state index contributed by atoms with van der Waals surface area (Å²) in [5.74, 6) is 0.734. The van der Waals surface area contributed by atoms with Crippen LogP contribution in [-0.4, -0.2) is 17.4 Å². The van der Waals surface area contributed by atoms with Crippen LogP contribution in [0.15, 0.2) is 35.3 Å². The fourth-order valence-electron chi connectivity index (χ4n) is 2.08. The summed E-state index contributed by atoms with van der Waals surface area (Å²) in [6, 6.07) is 7.40. The van der Waals surface area contributed by atoms with Gasteiger partial charge in [0, 0.05) is 12.0 Å². The quantitative estimate of drug-likeness (QED) is 0.745. The second-order valence-corrected chi connectivity index (χ2v) is 5.28. The Labute approximate surface area is 115 Å². The van der Waals surface area contributed by atoms with E-state index in [4.69, 9.17) is 4.74 Å². The van der Waals surface area contributed by atoms with E-state index in [0.29, 0.717) is 24.3 Å². The van der Waals surface area contributed by atoms with Crippen LogP contribution in [-0.2, 0) is 0 Å². The molecule has 2 aromatic rings. The average Bonchev–Trinajstić information content (AvgIpc) is 2.75. The van der Waals surface area contributed by atoms with Crippen LogP contribution in [0.5, 0.6) is 5.75 Å². The van der Waals surface area contributed by atoms with Crippen molar-refractivity contribution in [3.63, 3.8) is 0 Å². The van der Waals surface area contributed by atoms with Crippen LogP contribution in [0.2, 0.25) is 0 Å². The molecule has 0 atom stereocenters. The molecule has 0 bridgehead atoms. The fourth-order valence-corrected chi connectivity index (χ4v) is 2.84. The summed E-state index contributed by atoms with van der Waals surface area (Å²) in [7, 11) is 0. The molecule has 0 aliphatic carbocycles. The normalized spacial score (nSPS) is 16.9. The largest absolute Gasteiger partial charge is 0.492 e. The smallest absolute Gasteiger partial charge is 0.192 e. The molecule has 0 fully saturated rings. The van der Waals surface area contributed by atoms with E-state index in [2.05, 4.69) is 4.98 Å². The number of para-hydroxylation sites is 1. The second-order valence-electron chi connectivity index (χ2n) is 4.40. The Kier molecular flexibility index (Phi) is 3.17. The van der Waals surface area contributed by atoms with E-state index in [1.807, 2.05) is 37.3 Å². The summed E-state index contributed by atoms with van der Waals surface area (Å²) >= 11 is 1.55. The van der Waals surface area contributed by atoms with Crippen molar-refractivity contribution < 1.29 is 9.53 Å². The van der Waals surface area contributed by atoms with E-state index in [1.54, 1.807) is 16.8 Å². The minimum absolute atomic E-state index is 0.0564. The number of Topliss-reactive ketones (excluding diaryl/α,β-unsaturated/α-hetero) is 1. The number of hydrogen-bond donors (Lipinski definition) is 0. The Bertz CT molecular complexity index is 658. The van der Waals surface area contributed by atoms with E-state index in [0.717, 1.165) is 16.1 Å². The molecule has 1 aliphatic heterocycles.